The molecule has 0 aliphatic carbocycles. The minimum atomic E-state index is -1.02. The van der Waals surface area contributed by atoms with Crippen molar-refractivity contribution in [2.24, 2.45) is 0 Å². The van der Waals surface area contributed by atoms with Crippen LogP contribution < -0.4 is 0 Å². The number of aliphatic hydroxyl groups is 1. The molecule has 1 heterocycles. The minimum absolute atomic E-state index is 0.0621. The molecule has 4 heteroatoms. The Bertz CT molecular complexity index is 770. The Kier molecular flexibility index (Phi) is 3.38. The van der Waals surface area contributed by atoms with E-state index in [9.17, 15) is 9.50 Å². The van der Waals surface area contributed by atoms with Gasteiger partial charge in [-0.25, -0.2) is 4.39 Å². The third-order valence-corrected chi connectivity index (χ3v) is 3.63. The topological polar surface area (TPSA) is 33.1 Å². The van der Waals surface area contributed by atoms with E-state index in [0.29, 0.717) is 16.6 Å². The van der Waals surface area contributed by atoms with Crippen LogP contribution in [0.5, 0.6) is 0 Å². The number of benzene rings is 2. The molecule has 1 atom stereocenters. The van der Waals surface area contributed by atoms with Crippen molar-refractivity contribution >= 4 is 22.5 Å². The van der Waals surface area contributed by atoms with Gasteiger partial charge in [-0.1, -0.05) is 48.0 Å². The van der Waals surface area contributed by atoms with Gasteiger partial charge in [0, 0.05) is 22.7 Å². The van der Waals surface area contributed by atoms with Crippen LogP contribution in [0.1, 0.15) is 17.2 Å². The summed E-state index contributed by atoms with van der Waals surface area (Å²) in [5.74, 6) is -0.545. The van der Waals surface area contributed by atoms with E-state index in [-0.39, 0.29) is 5.02 Å². The summed E-state index contributed by atoms with van der Waals surface area (Å²) in [6, 6.07) is 13.6. The van der Waals surface area contributed by atoms with Crippen LogP contribution in [0.3, 0.4) is 0 Å². The van der Waals surface area contributed by atoms with Crippen molar-refractivity contribution in [2.75, 3.05) is 0 Å². The Morgan fingerprint density at radius 1 is 1.00 bits per heavy atom. The van der Waals surface area contributed by atoms with Crippen molar-refractivity contribution in [1.29, 1.82) is 0 Å². The number of hydrogen-bond acceptors (Lipinski definition) is 2. The molecular formula is C16H11ClFNO. The first-order valence-electron chi connectivity index (χ1n) is 6.14. The van der Waals surface area contributed by atoms with Crippen molar-refractivity contribution in [1.82, 2.24) is 4.98 Å². The zero-order chi connectivity index (χ0) is 14.1. The third kappa shape index (κ3) is 2.15. The molecule has 1 unspecified atom stereocenters. The average molecular weight is 288 g/mol. The fourth-order valence-corrected chi connectivity index (χ4v) is 2.48. The van der Waals surface area contributed by atoms with Gasteiger partial charge in [-0.05, 0) is 12.1 Å². The van der Waals surface area contributed by atoms with E-state index in [0.717, 1.165) is 5.39 Å². The molecule has 2 nitrogen and oxygen atoms in total. The van der Waals surface area contributed by atoms with Crippen molar-refractivity contribution in [3.05, 3.63) is 76.7 Å². The lowest BCUT2D eigenvalue weighted by Crippen LogP contribution is -2.03. The fourth-order valence-electron chi connectivity index (χ4n) is 2.25. The van der Waals surface area contributed by atoms with Crippen LogP contribution in [0.4, 0.5) is 4.39 Å². The summed E-state index contributed by atoms with van der Waals surface area (Å²) in [4.78, 5) is 4.28. The summed E-state index contributed by atoms with van der Waals surface area (Å²) in [5, 5.41) is 11.4. The second-order valence-electron chi connectivity index (χ2n) is 4.47. The highest BCUT2D eigenvalue weighted by Crippen LogP contribution is 2.32. The Morgan fingerprint density at radius 2 is 1.70 bits per heavy atom. The van der Waals surface area contributed by atoms with Crippen molar-refractivity contribution < 1.29 is 9.50 Å². The van der Waals surface area contributed by atoms with Crippen LogP contribution in [-0.4, -0.2) is 10.1 Å². The number of rotatable bonds is 2. The standard InChI is InChI=1S/C16H11ClFNO/c17-14-11(6-2-8-13(14)18)16(20)12-7-1-4-10-5-3-9-19-15(10)12/h1-9,16,20H. The van der Waals surface area contributed by atoms with Gasteiger partial charge in [0.2, 0.25) is 0 Å². The zero-order valence-electron chi connectivity index (χ0n) is 10.4. The predicted molar refractivity (Wildman–Crippen MR) is 77.2 cm³/mol. The minimum Gasteiger partial charge on any atom is -0.384 e. The van der Waals surface area contributed by atoms with Gasteiger partial charge in [0.15, 0.2) is 0 Å². The molecule has 0 fully saturated rings. The predicted octanol–water partition coefficient (Wildman–Crippen LogP) is 4.11. The summed E-state index contributed by atoms with van der Waals surface area (Å²) < 4.78 is 13.5. The molecule has 100 valence electrons. The maximum absolute atomic E-state index is 13.5. The highest BCUT2D eigenvalue weighted by atomic mass is 35.5. The lowest BCUT2D eigenvalue weighted by atomic mass is 9.98. The first-order chi connectivity index (χ1) is 9.68. The molecular weight excluding hydrogens is 277 g/mol. The molecule has 0 bridgehead atoms. The smallest absolute Gasteiger partial charge is 0.142 e. The number of para-hydroxylation sites is 1. The monoisotopic (exact) mass is 287 g/mol. The van der Waals surface area contributed by atoms with E-state index in [1.54, 1.807) is 18.3 Å². The van der Waals surface area contributed by atoms with E-state index >= 15 is 0 Å². The first kappa shape index (κ1) is 13.0. The number of hydrogen-bond donors (Lipinski definition) is 1. The van der Waals surface area contributed by atoms with E-state index in [1.165, 1.54) is 12.1 Å². The van der Waals surface area contributed by atoms with E-state index in [4.69, 9.17) is 11.6 Å². The number of aromatic nitrogens is 1. The normalized spacial score (nSPS) is 12.6. The molecule has 3 rings (SSSR count). The van der Waals surface area contributed by atoms with Crippen LogP contribution >= 0.6 is 11.6 Å². The molecule has 0 amide bonds. The Hall–Kier alpha value is -1.97. The Labute approximate surface area is 120 Å². The molecule has 3 aromatic rings. The summed E-state index contributed by atoms with van der Waals surface area (Å²) in [7, 11) is 0. The molecule has 1 aromatic heterocycles. The van der Waals surface area contributed by atoms with E-state index in [1.807, 2.05) is 24.3 Å². The van der Waals surface area contributed by atoms with Gasteiger partial charge in [0.1, 0.15) is 11.9 Å². The van der Waals surface area contributed by atoms with Gasteiger partial charge < -0.3 is 5.11 Å². The van der Waals surface area contributed by atoms with Gasteiger partial charge in [0.05, 0.1) is 10.5 Å². The largest absolute Gasteiger partial charge is 0.384 e. The highest BCUT2D eigenvalue weighted by Gasteiger charge is 2.18. The molecule has 2 aromatic carbocycles. The van der Waals surface area contributed by atoms with Crippen LogP contribution in [0.15, 0.2) is 54.7 Å². The molecule has 20 heavy (non-hydrogen) atoms. The van der Waals surface area contributed by atoms with E-state index in [2.05, 4.69) is 4.98 Å². The Balaban J connectivity index is 2.18. The van der Waals surface area contributed by atoms with Crippen molar-refractivity contribution in [3.63, 3.8) is 0 Å². The highest BCUT2D eigenvalue weighted by molar-refractivity contribution is 6.31. The number of aliphatic hydroxyl groups excluding tert-OH is 1. The summed E-state index contributed by atoms with van der Waals surface area (Å²) in [6.45, 7) is 0. The lowest BCUT2D eigenvalue weighted by Gasteiger charge is -2.15. The number of halogens is 2. The molecule has 0 aliphatic rings. The van der Waals surface area contributed by atoms with Gasteiger partial charge in [-0.15, -0.1) is 0 Å². The second kappa shape index (κ2) is 5.19. The zero-order valence-corrected chi connectivity index (χ0v) is 11.2. The van der Waals surface area contributed by atoms with Crippen LogP contribution in [0, 0.1) is 5.82 Å². The molecule has 0 aliphatic heterocycles. The van der Waals surface area contributed by atoms with Gasteiger partial charge in [0.25, 0.3) is 0 Å². The second-order valence-corrected chi connectivity index (χ2v) is 4.85. The molecule has 0 radical (unpaired) electrons. The number of pyridine rings is 1. The summed E-state index contributed by atoms with van der Waals surface area (Å²) >= 11 is 5.93. The van der Waals surface area contributed by atoms with Gasteiger partial charge in [-0.3, -0.25) is 4.98 Å². The van der Waals surface area contributed by atoms with E-state index < -0.39 is 11.9 Å². The average Bonchev–Trinajstić information content (AvgIpc) is 2.49. The summed E-state index contributed by atoms with van der Waals surface area (Å²) in [5.41, 5.74) is 1.63. The maximum atomic E-state index is 13.5. The number of fused-ring (bicyclic) bond motifs is 1. The molecule has 1 N–H and O–H groups in total. The van der Waals surface area contributed by atoms with Gasteiger partial charge in [-0.2, -0.15) is 0 Å². The number of nitrogens with zero attached hydrogens (tertiary/aromatic N) is 1. The molecule has 0 saturated carbocycles. The van der Waals surface area contributed by atoms with Crippen LogP contribution in [0.25, 0.3) is 10.9 Å². The molecule has 0 spiro atoms. The maximum Gasteiger partial charge on any atom is 0.142 e. The molecule has 0 saturated heterocycles. The quantitative estimate of drug-likeness (QED) is 0.769. The SMILES string of the molecule is OC(c1cccc(F)c1Cl)c1cccc2cccnc12. The third-order valence-electron chi connectivity index (χ3n) is 3.23. The fraction of sp³-hybridized carbons (Fsp3) is 0.0625. The van der Waals surface area contributed by atoms with Crippen molar-refractivity contribution in [2.45, 2.75) is 6.10 Å². The van der Waals surface area contributed by atoms with Crippen molar-refractivity contribution in [3.8, 4) is 0 Å². The van der Waals surface area contributed by atoms with Crippen LogP contribution in [-0.2, 0) is 0 Å². The summed E-state index contributed by atoms with van der Waals surface area (Å²) in [6.07, 6.45) is 0.642. The first-order valence-corrected chi connectivity index (χ1v) is 6.52. The van der Waals surface area contributed by atoms with Crippen LogP contribution in [0.2, 0.25) is 5.02 Å². The lowest BCUT2D eigenvalue weighted by molar-refractivity contribution is 0.221. The van der Waals surface area contributed by atoms with Gasteiger partial charge >= 0.3 is 0 Å². The Morgan fingerprint density at radius 3 is 2.55 bits per heavy atom.